The number of nitrogens with zero attached hydrogens (tertiary/aromatic N) is 3. The molecule has 0 atom stereocenters. The van der Waals surface area contributed by atoms with Crippen molar-refractivity contribution in [1.82, 2.24) is 10.1 Å². The number of carbonyl (C=O) groups is 1. The van der Waals surface area contributed by atoms with Crippen molar-refractivity contribution in [3.05, 3.63) is 80.0 Å². The zero-order valence-corrected chi connectivity index (χ0v) is 15.8. The van der Waals surface area contributed by atoms with Crippen LogP contribution in [0.4, 0.5) is 5.69 Å². The van der Waals surface area contributed by atoms with Crippen molar-refractivity contribution in [1.29, 1.82) is 0 Å². The lowest BCUT2D eigenvalue weighted by Crippen LogP contribution is -2.36. The molecule has 0 saturated heterocycles. The molecule has 0 spiro atoms. The number of aromatic nitrogens is 1. The number of rotatable bonds is 3. The van der Waals surface area contributed by atoms with Crippen molar-refractivity contribution < 1.29 is 14.2 Å². The van der Waals surface area contributed by atoms with E-state index in [0.29, 0.717) is 41.4 Å². The maximum absolute atomic E-state index is 12.9. The number of nitro benzene ring substituents is 1. The predicted octanol–water partition coefficient (Wildman–Crippen LogP) is 4.41. The number of nitro groups is 1. The Bertz CT molecular complexity index is 1080. The van der Waals surface area contributed by atoms with Crippen molar-refractivity contribution in [3.8, 4) is 11.3 Å². The molecular formula is C20H16ClN3O4. The Hall–Kier alpha value is -3.19. The topological polar surface area (TPSA) is 89.5 Å². The van der Waals surface area contributed by atoms with Gasteiger partial charge in [0.05, 0.1) is 17.2 Å². The molecular weight excluding hydrogens is 382 g/mol. The monoisotopic (exact) mass is 397 g/mol. The van der Waals surface area contributed by atoms with Crippen molar-refractivity contribution in [2.75, 3.05) is 6.54 Å². The minimum atomic E-state index is -0.452. The normalized spacial score (nSPS) is 13.3. The molecule has 0 unspecified atom stereocenters. The van der Waals surface area contributed by atoms with Crippen LogP contribution in [-0.2, 0) is 13.0 Å². The van der Waals surface area contributed by atoms with Crippen molar-refractivity contribution in [2.45, 2.75) is 19.9 Å². The Labute approximate surface area is 165 Å². The second-order valence-electron chi connectivity index (χ2n) is 6.68. The van der Waals surface area contributed by atoms with E-state index in [1.165, 1.54) is 12.1 Å². The van der Waals surface area contributed by atoms with E-state index in [9.17, 15) is 14.9 Å². The number of halogens is 1. The molecule has 1 amide bonds. The smallest absolute Gasteiger partial charge is 0.272 e. The molecule has 3 aromatic rings. The van der Waals surface area contributed by atoms with Gasteiger partial charge in [-0.3, -0.25) is 14.9 Å². The molecule has 2 aromatic carbocycles. The van der Waals surface area contributed by atoms with Gasteiger partial charge in [0.15, 0.2) is 5.76 Å². The SMILES string of the molecule is Cc1cc(C(=O)N2CCc3noc(-c4ccc(Cl)cc4)c3C2)ccc1[N+](=O)[O-]. The summed E-state index contributed by atoms with van der Waals surface area (Å²) in [6.07, 6.45) is 0.587. The minimum Gasteiger partial charge on any atom is -0.356 e. The average molecular weight is 398 g/mol. The average Bonchev–Trinajstić information content (AvgIpc) is 3.11. The first kappa shape index (κ1) is 18.2. The zero-order chi connectivity index (χ0) is 19.8. The van der Waals surface area contributed by atoms with Gasteiger partial charge in [0.1, 0.15) is 0 Å². The first-order valence-electron chi connectivity index (χ1n) is 8.71. The second kappa shape index (κ2) is 7.09. The van der Waals surface area contributed by atoms with Gasteiger partial charge in [0.25, 0.3) is 11.6 Å². The quantitative estimate of drug-likeness (QED) is 0.482. The molecule has 0 radical (unpaired) electrons. The molecule has 0 N–H and O–H groups in total. The molecule has 1 aliphatic rings. The van der Waals surface area contributed by atoms with Gasteiger partial charge in [0, 0.05) is 46.3 Å². The highest BCUT2D eigenvalue weighted by molar-refractivity contribution is 6.30. The summed E-state index contributed by atoms with van der Waals surface area (Å²) in [5.41, 5.74) is 3.45. The van der Waals surface area contributed by atoms with Gasteiger partial charge in [-0.25, -0.2) is 0 Å². The Balaban J connectivity index is 1.61. The first-order chi connectivity index (χ1) is 13.4. The lowest BCUT2D eigenvalue weighted by molar-refractivity contribution is -0.385. The van der Waals surface area contributed by atoms with E-state index < -0.39 is 4.92 Å². The fourth-order valence-corrected chi connectivity index (χ4v) is 3.52. The number of benzene rings is 2. The van der Waals surface area contributed by atoms with E-state index >= 15 is 0 Å². The molecule has 1 aromatic heterocycles. The Morgan fingerprint density at radius 3 is 2.68 bits per heavy atom. The summed E-state index contributed by atoms with van der Waals surface area (Å²) in [4.78, 5) is 25.2. The minimum absolute atomic E-state index is 0.00143. The summed E-state index contributed by atoms with van der Waals surface area (Å²) in [5, 5.41) is 15.8. The van der Waals surface area contributed by atoms with E-state index in [4.69, 9.17) is 16.1 Å². The van der Waals surface area contributed by atoms with E-state index in [1.807, 2.05) is 12.1 Å². The number of aryl methyl sites for hydroxylation is 1. The standard InChI is InChI=1S/C20H16ClN3O4/c1-12-10-14(4-7-18(12)24(26)27)20(25)23-9-8-17-16(11-23)19(28-22-17)13-2-5-15(21)6-3-13/h2-7,10H,8-9,11H2,1H3. The van der Waals surface area contributed by atoms with E-state index in [1.54, 1.807) is 30.0 Å². The van der Waals surface area contributed by atoms with E-state index in [-0.39, 0.29) is 11.6 Å². The largest absolute Gasteiger partial charge is 0.356 e. The Morgan fingerprint density at radius 2 is 2.00 bits per heavy atom. The van der Waals surface area contributed by atoms with Gasteiger partial charge >= 0.3 is 0 Å². The maximum atomic E-state index is 12.9. The van der Waals surface area contributed by atoms with Crippen LogP contribution in [-0.4, -0.2) is 27.4 Å². The molecule has 0 fully saturated rings. The second-order valence-corrected chi connectivity index (χ2v) is 7.12. The first-order valence-corrected chi connectivity index (χ1v) is 9.09. The third-order valence-electron chi connectivity index (χ3n) is 4.87. The van der Waals surface area contributed by atoms with Crippen LogP contribution >= 0.6 is 11.6 Å². The van der Waals surface area contributed by atoms with Crippen LogP contribution in [0.2, 0.25) is 5.02 Å². The third-order valence-corrected chi connectivity index (χ3v) is 5.12. The molecule has 0 aliphatic carbocycles. The van der Waals surface area contributed by atoms with Gasteiger partial charge in [-0.15, -0.1) is 0 Å². The molecule has 28 heavy (non-hydrogen) atoms. The van der Waals surface area contributed by atoms with Crippen LogP contribution in [0.3, 0.4) is 0 Å². The molecule has 7 nitrogen and oxygen atoms in total. The summed E-state index contributed by atoms with van der Waals surface area (Å²) < 4.78 is 5.53. The molecule has 0 saturated carbocycles. The molecule has 142 valence electrons. The fraction of sp³-hybridized carbons (Fsp3) is 0.200. The van der Waals surface area contributed by atoms with Crippen LogP contribution < -0.4 is 0 Å². The third kappa shape index (κ3) is 3.25. The van der Waals surface area contributed by atoms with Crippen LogP contribution in [0.25, 0.3) is 11.3 Å². The Morgan fingerprint density at radius 1 is 1.25 bits per heavy atom. The predicted molar refractivity (Wildman–Crippen MR) is 103 cm³/mol. The van der Waals surface area contributed by atoms with Crippen LogP contribution in [0.5, 0.6) is 0 Å². The highest BCUT2D eigenvalue weighted by Gasteiger charge is 2.28. The molecule has 0 bridgehead atoms. The van der Waals surface area contributed by atoms with Gasteiger partial charge in [-0.05, 0) is 43.3 Å². The summed E-state index contributed by atoms with van der Waals surface area (Å²) >= 11 is 5.95. The number of hydrogen-bond donors (Lipinski definition) is 0. The van der Waals surface area contributed by atoms with Gasteiger partial charge in [-0.1, -0.05) is 16.8 Å². The lowest BCUT2D eigenvalue weighted by Gasteiger charge is -2.26. The molecule has 2 heterocycles. The summed E-state index contributed by atoms with van der Waals surface area (Å²) in [6.45, 7) is 2.50. The van der Waals surface area contributed by atoms with Gasteiger partial charge in [0.2, 0.25) is 0 Å². The van der Waals surface area contributed by atoms with Crippen molar-refractivity contribution in [2.24, 2.45) is 0 Å². The Kier molecular flexibility index (Phi) is 4.60. The maximum Gasteiger partial charge on any atom is 0.272 e. The van der Waals surface area contributed by atoms with Crippen molar-refractivity contribution in [3.63, 3.8) is 0 Å². The van der Waals surface area contributed by atoms with Crippen LogP contribution in [0.15, 0.2) is 47.0 Å². The zero-order valence-electron chi connectivity index (χ0n) is 15.0. The summed E-state index contributed by atoms with van der Waals surface area (Å²) in [7, 11) is 0. The van der Waals surface area contributed by atoms with E-state index in [0.717, 1.165) is 16.8 Å². The van der Waals surface area contributed by atoms with Gasteiger partial charge in [-0.2, -0.15) is 0 Å². The van der Waals surface area contributed by atoms with Crippen LogP contribution in [0, 0.1) is 17.0 Å². The van der Waals surface area contributed by atoms with Crippen molar-refractivity contribution >= 4 is 23.2 Å². The van der Waals surface area contributed by atoms with E-state index in [2.05, 4.69) is 5.16 Å². The van der Waals surface area contributed by atoms with Gasteiger partial charge < -0.3 is 9.42 Å². The number of fused-ring (bicyclic) bond motifs is 1. The fourth-order valence-electron chi connectivity index (χ4n) is 3.39. The molecule has 8 heteroatoms. The molecule has 1 aliphatic heterocycles. The van der Waals surface area contributed by atoms with Crippen LogP contribution in [0.1, 0.15) is 27.2 Å². The highest BCUT2D eigenvalue weighted by atomic mass is 35.5. The highest BCUT2D eigenvalue weighted by Crippen LogP contribution is 2.32. The summed E-state index contributed by atoms with van der Waals surface area (Å²) in [6, 6.07) is 11.7. The number of carbonyl (C=O) groups excluding carboxylic acids is 1. The number of hydrogen-bond acceptors (Lipinski definition) is 5. The summed E-state index contributed by atoms with van der Waals surface area (Å²) in [5.74, 6) is 0.455. The lowest BCUT2D eigenvalue weighted by atomic mass is 10.0. The molecule has 4 rings (SSSR count). The number of amides is 1.